The third-order valence-corrected chi connectivity index (χ3v) is 6.20. The summed E-state index contributed by atoms with van der Waals surface area (Å²) in [6.07, 6.45) is 0. The predicted molar refractivity (Wildman–Crippen MR) is 82.0 cm³/mol. The smallest absolute Gasteiger partial charge is 0.252 e. The second kappa shape index (κ2) is 9.50. The lowest BCUT2D eigenvalue weighted by Gasteiger charge is -2.21. The Morgan fingerprint density at radius 2 is 1.71 bits per heavy atom. The van der Waals surface area contributed by atoms with Crippen LogP contribution in [0.25, 0.3) is 0 Å². The molecular weight excluding hydrogens is 314 g/mol. The number of hydrogen-bond donors (Lipinski definition) is 1. The molecule has 0 radical (unpaired) electrons. The van der Waals surface area contributed by atoms with Gasteiger partial charge in [-0.3, -0.25) is 0 Å². The van der Waals surface area contributed by atoms with Crippen molar-refractivity contribution in [2.45, 2.75) is 24.7 Å². The molecule has 0 amide bonds. The highest BCUT2D eigenvalue weighted by Gasteiger charge is 2.25. The van der Waals surface area contributed by atoms with E-state index in [2.05, 4.69) is 0 Å². The van der Waals surface area contributed by atoms with Crippen LogP contribution < -0.4 is 0 Å². The predicted octanol–water partition coefficient (Wildman–Crippen LogP) is 1.30. The number of ether oxygens (including phenoxy) is 2. The molecule has 6 nitrogen and oxygen atoms in total. The van der Waals surface area contributed by atoms with Gasteiger partial charge in [0.2, 0.25) is 0 Å². The maximum absolute atomic E-state index is 12.6. The quantitative estimate of drug-likeness (QED) is 0.616. The highest BCUT2D eigenvalue weighted by molar-refractivity contribution is 7.91. The van der Waals surface area contributed by atoms with E-state index < -0.39 is 10.0 Å². The highest BCUT2D eigenvalue weighted by atomic mass is 32.2. The Bertz CT molecular complexity index is 490. The molecule has 8 heteroatoms. The molecule has 0 aliphatic heterocycles. The third-order valence-electron chi connectivity index (χ3n) is 2.77. The fourth-order valence-electron chi connectivity index (χ4n) is 1.68. The molecule has 122 valence electrons. The van der Waals surface area contributed by atoms with E-state index in [0.29, 0.717) is 31.3 Å². The zero-order valence-electron chi connectivity index (χ0n) is 12.4. The number of sulfonamides is 1. The van der Waals surface area contributed by atoms with Crippen molar-refractivity contribution in [1.29, 1.82) is 0 Å². The van der Waals surface area contributed by atoms with Crippen molar-refractivity contribution in [2.24, 2.45) is 0 Å². The van der Waals surface area contributed by atoms with Gasteiger partial charge in [-0.15, -0.1) is 11.3 Å². The van der Waals surface area contributed by atoms with Crippen molar-refractivity contribution in [2.75, 3.05) is 39.5 Å². The van der Waals surface area contributed by atoms with Crippen molar-refractivity contribution >= 4 is 21.4 Å². The number of aliphatic hydroxyl groups excluding tert-OH is 1. The summed E-state index contributed by atoms with van der Waals surface area (Å²) in [6, 6.07) is 3.15. The van der Waals surface area contributed by atoms with Crippen molar-refractivity contribution in [3.05, 3.63) is 17.0 Å². The van der Waals surface area contributed by atoms with E-state index >= 15 is 0 Å². The monoisotopic (exact) mass is 337 g/mol. The van der Waals surface area contributed by atoms with Crippen LogP contribution in [0.2, 0.25) is 0 Å². The molecule has 0 aromatic carbocycles. The van der Waals surface area contributed by atoms with E-state index in [1.807, 2.05) is 13.8 Å². The molecule has 1 aromatic rings. The molecule has 1 rings (SSSR count). The molecule has 0 aliphatic rings. The van der Waals surface area contributed by atoms with E-state index in [0.717, 1.165) is 11.3 Å². The Kier molecular flexibility index (Phi) is 8.38. The standard InChI is InChI=1S/C13H23NO5S2/c1-3-18-9-7-14(8-10-19-4-2)21(16,17)13-6-5-12(11-15)20-13/h5-6,15H,3-4,7-11H2,1-2H3. The zero-order valence-corrected chi connectivity index (χ0v) is 14.1. The van der Waals surface area contributed by atoms with Gasteiger partial charge in [0.25, 0.3) is 10.0 Å². The number of aliphatic hydroxyl groups is 1. The van der Waals surface area contributed by atoms with Crippen LogP contribution in [0, 0.1) is 0 Å². The van der Waals surface area contributed by atoms with Crippen molar-refractivity contribution in [3.8, 4) is 0 Å². The highest BCUT2D eigenvalue weighted by Crippen LogP contribution is 2.24. The first-order valence-electron chi connectivity index (χ1n) is 6.91. The second-order valence-corrected chi connectivity index (χ2v) is 7.51. The van der Waals surface area contributed by atoms with Gasteiger partial charge >= 0.3 is 0 Å². The van der Waals surface area contributed by atoms with Crippen molar-refractivity contribution < 1.29 is 23.0 Å². The van der Waals surface area contributed by atoms with Crippen LogP contribution in [0.1, 0.15) is 18.7 Å². The third kappa shape index (κ3) is 5.65. The minimum atomic E-state index is -3.57. The average molecular weight is 337 g/mol. The topological polar surface area (TPSA) is 76.1 Å². The largest absolute Gasteiger partial charge is 0.391 e. The molecule has 0 saturated heterocycles. The van der Waals surface area contributed by atoms with Crippen LogP contribution >= 0.6 is 11.3 Å². The lowest BCUT2D eigenvalue weighted by atomic mass is 10.5. The minimum Gasteiger partial charge on any atom is -0.391 e. The van der Waals surface area contributed by atoms with Gasteiger partial charge in [0, 0.05) is 31.2 Å². The number of nitrogens with zero attached hydrogens (tertiary/aromatic N) is 1. The number of rotatable bonds is 11. The van der Waals surface area contributed by atoms with E-state index in [9.17, 15) is 8.42 Å². The Morgan fingerprint density at radius 3 is 2.14 bits per heavy atom. The van der Waals surface area contributed by atoms with E-state index in [4.69, 9.17) is 14.6 Å². The van der Waals surface area contributed by atoms with Gasteiger partial charge in [-0.2, -0.15) is 4.31 Å². The summed E-state index contributed by atoms with van der Waals surface area (Å²) in [4.78, 5) is 0.628. The molecule has 1 aromatic heterocycles. The van der Waals surface area contributed by atoms with E-state index in [1.54, 1.807) is 6.07 Å². The summed E-state index contributed by atoms with van der Waals surface area (Å²) in [6.45, 7) is 5.95. The van der Waals surface area contributed by atoms with Gasteiger partial charge in [-0.05, 0) is 26.0 Å². The molecule has 1 heterocycles. The molecule has 0 fully saturated rings. The summed E-state index contributed by atoms with van der Waals surface area (Å²) >= 11 is 1.09. The second-order valence-electron chi connectivity index (χ2n) is 4.18. The Labute approximate surface area is 130 Å². The molecule has 0 atom stereocenters. The van der Waals surface area contributed by atoms with Crippen LogP contribution in [0.4, 0.5) is 0 Å². The zero-order chi connectivity index (χ0) is 15.7. The average Bonchev–Trinajstić information content (AvgIpc) is 2.95. The lowest BCUT2D eigenvalue weighted by Crippen LogP contribution is -2.36. The first-order chi connectivity index (χ1) is 10.1. The van der Waals surface area contributed by atoms with E-state index in [1.165, 1.54) is 10.4 Å². The first kappa shape index (κ1) is 18.5. The van der Waals surface area contributed by atoms with Gasteiger partial charge in [-0.1, -0.05) is 0 Å². The Hall–Kier alpha value is -0.510. The van der Waals surface area contributed by atoms with Gasteiger partial charge in [-0.25, -0.2) is 8.42 Å². The number of hydrogen-bond acceptors (Lipinski definition) is 6. The lowest BCUT2D eigenvalue weighted by molar-refractivity contribution is 0.110. The molecule has 0 unspecified atom stereocenters. The van der Waals surface area contributed by atoms with Gasteiger partial charge in [0.1, 0.15) is 4.21 Å². The summed E-state index contributed by atoms with van der Waals surface area (Å²) in [5.41, 5.74) is 0. The van der Waals surface area contributed by atoms with Gasteiger partial charge in [0.05, 0.1) is 19.8 Å². The fraction of sp³-hybridized carbons (Fsp3) is 0.692. The van der Waals surface area contributed by atoms with Gasteiger partial charge < -0.3 is 14.6 Å². The maximum Gasteiger partial charge on any atom is 0.252 e. The normalized spacial score (nSPS) is 12.2. The summed E-state index contributed by atoms with van der Waals surface area (Å²) < 4.78 is 37.3. The maximum atomic E-state index is 12.6. The molecule has 1 N–H and O–H groups in total. The van der Waals surface area contributed by atoms with Crippen LogP contribution in [0.3, 0.4) is 0 Å². The molecule has 0 aliphatic carbocycles. The fourth-order valence-corrected chi connectivity index (χ4v) is 4.46. The van der Waals surface area contributed by atoms with E-state index in [-0.39, 0.29) is 23.9 Å². The minimum absolute atomic E-state index is 0.155. The SMILES string of the molecule is CCOCCN(CCOCC)S(=O)(=O)c1ccc(CO)s1. The van der Waals surface area contributed by atoms with Gasteiger partial charge in [0.15, 0.2) is 0 Å². The van der Waals surface area contributed by atoms with Crippen molar-refractivity contribution in [3.63, 3.8) is 0 Å². The Morgan fingerprint density at radius 1 is 1.14 bits per heavy atom. The van der Waals surface area contributed by atoms with Crippen LogP contribution in [-0.2, 0) is 26.1 Å². The van der Waals surface area contributed by atoms with Crippen LogP contribution in [0.15, 0.2) is 16.3 Å². The van der Waals surface area contributed by atoms with Crippen LogP contribution in [-0.4, -0.2) is 57.3 Å². The molecular formula is C13H23NO5S2. The molecule has 21 heavy (non-hydrogen) atoms. The Balaban J connectivity index is 2.81. The summed E-state index contributed by atoms with van der Waals surface area (Å²) in [5.74, 6) is 0. The molecule has 0 spiro atoms. The van der Waals surface area contributed by atoms with Crippen molar-refractivity contribution in [1.82, 2.24) is 4.31 Å². The molecule has 0 saturated carbocycles. The number of thiophene rings is 1. The van der Waals surface area contributed by atoms with Crippen LogP contribution in [0.5, 0.6) is 0 Å². The first-order valence-corrected chi connectivity index (χ1v) is 9.17. The molecule has 0 bridgehead atoms. The summed E-state index contributed by atoms with van der Waals surface area (Å²) in [5, 5.41) is 9.06. The summed E-state index contributed by atoms with van der Waals surface area (Å²) in [7, 11) is -3.57.